The molecule has 0 spiro atoms. The summed E-state index contributed by atoms with van der Waals surface area (Å²) < 4.78 is 5.25. The normalized spacial score (nSPS) is 13.3. The zero-order valence-electron chi connectivity index (χ0n) is 46.3. The lowest BCUT2D eigenvalue weighted by Gasteiger charge is -2.43. The van der Waals surface area contributed by atoms with Gasteiger partial charge in [-0.05, 0) is 166 Å². The lowest BCUT2D eigenvalue weighted by Crippen LogP contribution is -2.60. The molecule has 2 nitrogen and oxygen atoms in total. The monoisotopic (exact) mass is 1100 g/mol. The van der Waals surface area contributed by atoms with Gasteiger partial charge >= 0.3 is 0 Å². The van der Waals surface area contributed by atoms with E-state index < -0.39 is 0 Å². The van der Waals surface area contributed by atoms with Crippen molar-refractivity contribution in [1.82, 2.24) is 0 Å². The van der Waals surface area contributed by atoms with Crippen LogP contribution in [0.3, 0.4) is 0 Å². The fraction of sp³-hybridized carbons (Fsp3) is 0.151. The average molecular weight is 1100 g/mol. The average Bonchev–Trinajstić information content (AvgIpc) is 2.40. The highest BCUT2D eigenvalue weighted by Gasteiger charge is 2.48. The van der Waals surface area contributed by atoms with Crippen molar-refractivity contribution in [3.8, 4) is 43.1 Å². The van der Waals surface area contributed by atoms with Crippen LogP contribution in [0.15, 0.2) is 206 Å². The molecule has 80 heavy (non-hydrogen) atoms. The minimum Gasteiger partial charge on any atom is -0.302 e. The Hall–Kier alpha value is -7.52. The first-order valence-corrected chi connectivity index (χ1v) is 31.3. The molecule has 2 aliphatic rings. The van der Waals surface area contributed by atoms with Gasteiger partial charge in [0.05, 0.1) is 21.4 Å². The van der Waals surface area contributed by atoms with Crippen LogP contribution in [0.4, 0.5) is 32.8 Å². The van der Waals surface area contributed by atoms with Gasteiger partial charge in [0.25, 0.3) is 6.71 Å². The molecule has 0 radical (unpaired) electrons. The smallest absolute Gasteiger partial charge is 0.256 e. The molecule has 0 unspecified atom stereocenters. The van der Waals surface area contributed by atoms with E-state index in [9.17, 15) is 0 Å². The van der Waals surface area contributed by atoms with Crippen LogP contribution in [0.1, 0.15) is 78.0 Å². The molecule has 0 aliphatic carbocycles. The lowest BCUT2D eigenvalue weighted by atomic mass is 9.33. The molecule has 7 heteroatoms. The molecule has 0 N–H and O–H groups in total. The predicted octanol–water partition coefficient (Wildman–Crippen LogP) is 21.0. The van der Waals surface area contributed by atoms with Gasteiger partial charge in [0.1, 0.15) is 0 Å². The van der Waals surface area contributed by atoms with E-state index in [1.54, 1.807) is 0 Å². The van der Waals surface area contributed by atoms with E-state index in [0.717, 1.165) is 0 Å². The number of fused-ring (bicyclic) bond motifs is 10. The standard InChI is InChI=1S/C73H59BN2S4/c1-43(2)50-37-59-69-60(38-50)76(58-32-28-49(36-54(58)45-21-13-10-14-22-45)66-40-47-24-16-18-26-62(47)78-66)71-68(56-42-52(73(6,7)8)30-34-64(56)80-71)74(69)67-55-41-51(72(3,4)5)29-33-63(55)79-70(67)75(59)57-31-27-48(35-53(57)44-19-11-9-12-20-44)65-39-46-23-15-17-25-61(46)77-65/h9-43H,1-8H3. The van der Waals surface area contributed by atoms with Crippen molar-refractivity contribution in [3.63, 3.8) is 0 Å². The van der Waals surface area contributed by atoms with E-state index in [0.29, 0.717) is 0 Å². The fourth-order valence-electron chi connectivity index (χ4n) is 12.5. The van der Waals surface area contributed by atoms with Gasteiger partial charge in [0.2, 0.25) is 0 Å². The Kier molecular flexibility index (Phi) is 11.5. The summed E-state index contributed by atoms with van der Waals surface area (Å²) in [5.41, 5.74) is 20.3. The van der Waals surface area contributed by atoms with Crippen LogP contribution in [0.25, 0.3) is 83.5 Å². The van der Waals surface area contributed by atoms with Crippen LogP contribution in [0, 0.1) is 0 Å². The Morgan fingerprint density at radius 1 is 0.362 bits per heavy atom. The van der Waals surface area contributed by atoms with Gasteiger partial charge in [0, 0.05) is 51.1 Å². The third-order valence-corrected chi connectivity index (χ3v) is 21.5. The lowest BCUT2D eigenvalue weighted by molar-refractivity contribution is 0.591. The van der Waals surface area contributed by atoms with E-state index in [-0.39, 0.29) is 23.5 Å². The summed E-state index contributed by atoms with van der Waals surface area (Å²) >= 11 is 7.68. The minimum atomic E-state index is -0.0531. The van der Waals surface area contributed by atoms with Crippen LogP contribution >= 0.6 is 45.3 Å². The number of rotatable bonds is 7. The van der Waals surface area contributed by atoms with E-state index in [2.05, 4.69) is 271 Å². The highest BCUT2D eigenvalue weighted by Crippen LogP contribution is 2.55. The van der Waals surface area contributed by atoms with Crippen molar-refractivity contribution < 1.29 is 0 Å². The minimum absolute atomic E-state index is 0.0451. The van der Waals surface area contributed by atoms with Crippen LogP contribution in [0.2, 0.25) is 0 Å². The third kappa shape index (κ3) is 7.98. The molecule has 0 saturated carbocycles. The first kappa shape index (κ1) is 49.5. The second-order valence-electron chi connectivity index (χ2n) is 24.3. The summed E-state index contributed by atoms with van der Waals surface area (Å²) in [5.74, 6) is 0.253. The van der Waals surface area contributed by atoms with Crippen molar-refractivity contribution in [2.75, 3.05) is 9.80 Å². The highest BCUT2D eigenvalue weighted by molar-refractivity contribution is 7.29. The molecule has 0 amide bonds. The Morgan fingerprint density at radius 3 is 1.20 bits per heavy atom. The fourth-order valence-corrected chi connectivity index (χ4v) is 17.1. The predicted molar refractivity (Wildman–Crippen MR) is 355 cm³/mol. The highest BCUT2D eigenvalue weighted by atomic mass is 32.1. The quantitative estimate of drug-likeness (QED) is 0.147. The van der Waals surface area contributed by atoms with Crippen molar-refractivity contribution in [2.45, 2.75) is 72.1 Å². The molecule has 4 aromatic heterocycles. The van der Waals surface area contributed by atoms with Crippen molar-refractivity contribution in [3.05, 3.63) is 223 Å². The molecule has 0 atom stereocenters. The Balaban J connectivity index is 1.07. The Morgan fingerprint density at radius 2 is 0.787 bits per heavy atom. The third-order valence-electron chi connectivity index (χ3n) is 16.8. The number of thiophene rings is 4. The Labute approximate surface area is 486 Å². The van der Waals surface area contributed by atoms with Gasteiger partial charge in [-0.25, -0.2) is 0 Å². The molecule has 2 aliphatic heterocycles. The van der Waals surface area contributed by atoms with Crippen LogP contribution in [-0.4, -0.2) is 6.71 Å². The van der Waals surface area contributed by atoms with Gasteiger partial charge in [-0.15, -0.1) is 45.3 Å². The molecule has 15 rings (SSSR count). The Bertz CT molecular complexity index is 4260. The molecule has 388 valence electrons. The second-order valence-corrected chi connectivity index (χ2v) is 28.5. The topological polar surface area (TPSA) is 6.48 Å². The maximum absolute atomic E-state index is 2.70. The van der Waals surface area contributed by atoms with Gasteiger partial charge < -0.3 is 9.80 Å². The molecule has 9 aromatic carbocycles. The van der Waals surface area contributed by atoms with E-state index in [1.807, 2.05) is 45.3 Å². The molecule has 0 saturated heterocycles. The molecule has 0 fully saturated rings. The zero-order valence-corrected chi connectivity index (χ0v) is 49.6. The van der Waals surface area contributed by atoms with Crippen molar-refractivity contribution in [2.24, 2.45) is 0 Å². The SMILES string of the molecule is CC(C)c1cc2c3c(c1)N(c1ccc(-c4cc5ccccc5s4)cc1-c1ccccc1)c1sc4ccc(C(C)(C)C)cc4c1B3c1c(sc3ccc(C(C)(C)C)cc13)N2c1ccc(-c2cc3ccccc3s2)cc1-c1ccccc1. The summed E-state index contributed by atoms with van der Waals surface area (Å²) in [4.78, 5) is 7.96. The maximum atomic E-state index is 2.70. The number of nitrogens with zero attached hydrogens (tertiary/aromatic N) is 2. The molecular formula is C73H59BN2S4. The van der Waals surface area contributed by atoms with E-state index in [4.69, 9.17) is 0 Å². The van der Waals surface area contributed by atoms with Gasteiger partial charge in [-0.3, -0.25) is 0 Å². The number of benzene rings is 9. The second kappa shape index (κ2) is 18.5. The summed E-state index contributed by atoms with van der Waals surface area (Å²) in [6, 6.07) is 79.0. The number of hydrogen-bond donors (Lipinski definition) is 0. The van der Waals surface area contributed by atoms with Crippen molar-refractivity contribution >= 4 is 142 Å². The molecular weight excluding hydrogens is 1040 g/mol. The summed E-state index contributed by atoms with van der Waals surface area (Å²) in [6.07, 6.45) is 0. The molecule has 0 bridgehead atoms. The van der Waals surface area contributed by atoms with E-state index >= 15 is 0 Å². The molecule has 13 aromatic rings. The van der Waals surface area contributed by atoms with Crippen LogP contribution < -0.4 is 26.2 Å². The van der Waals surface area contributed by atoms with Crippen LogP contribution in [-0.2, 0) is 10.8 Å². The zero-order chi connectivity index (χ0) is 54.3. The number of hydrogen-bond acceptors (Lipinski definition) is 6. The first-order chi connectivity index (χ1) is 38.7. The summed E-state index contributed by atoms with van der Waals surface area (Å²) in [6.45, 7) is 18.8. The first-order valence-electron chi connectivity index (χ1n) is 28.0. The van der Waals surface area contributed by atoms with Crippen LogP contribution in [0.5, 0.6) is 0 Å². The summed E-state index contributed by atoms with van der Waals surface area (Å²) in [7, 11) is 0. The molecule has 6 heterocycles. The van der Waals surface area contributed by atoms with E-state index in [1.165, 1.54) is 149 Å². The largest absolute Gasteiger partial charge is 0.302 e. The van der Waals surface area contributed by atoms with Gasteiger partial charge in [-0.2, -0.15) is 0 Å². The van der Waals surface area contributed by atoms with Gasteiger partial charge in [0.15, 0.2) is 0 Å². The summed E-state index contributed by atoms with van der Waals surface area (Å²) in [5, 5.41) is 7.86. The number of anilines is 6. The van der Waals surface area contributed by atoms with Gasteiger partial charge in [-0.1, -0.05) is 189 Å². The maximum Gasteiger partial charge on any atom is 0.256 e. The van der Waals surface area contributed by atoms with Crippen molar-refractivity contribution in [1.29, 1.82) is 0 Å².